The number of ether oxygens (including phenoxy) is 2. The Morgan fingerprint density at radius 3 is 2.57 bits per heavy atom. The number of aromatic nitrogens is 2. The first-order valence-electron chi connectivity index (χ1n) is 10.0. The summed E-state index contributed by atoms with van der Waals surface area (Å²) in [5.74, 6) is 1.11. The van der Waals surface area contributed by atoms with Crippen LogP contribution >= 0.6 is 0 Å². The number of methoxy groups -OCH3 is 1. The van der Waals surface area contributed by atoms with Crippen molar-refractivity contribution in [2.45, 2.75) is 19.3 Å². The lowest BCUT2D eigenvalue weighted by molar-refractivity contribution is 0.0698. The van der Waals surface area contributed by atoms with E-state index in [9.17, 15) is 5.26 Å². The van der Waals surface area contributed by atoms with Crippen LogP contribution in [0.15, 0.2) is 35.3 Å². The third kappa shape index (κ3) is 7.06. The molecule has 30 heavy (non-hydrogen) atoms. The van der Waals surface area contributed by atoms with Gasteiger partial charge in [0.15, 0.2) is 5.96 Å². The van der Waals surface area contributed by atoms with Crippen molar-refractivity contribution in [2.24, 2.45) is 4.99 Å². The van der Waals surface area contributed by atoms with Crippen LogP contribution in [0.4, 0.5) is 5.82 Å². The second kappa shape index (κ2) is 13.2. The van der Waals surface area contributed by atoms with Gasteiger partial charge in [-0.2, -0.15) is 10.4 Å². The van der Waals surface area contributed by atoms with Crippen molar-refractivity contribution >= 4 is 11.8 Å². The smallest absolute Gasteiger partial charge is 0.190 e. The third-order valence-electron chi connectivity index (χ3n) is 4.40. The van der Waals surface area contributed by atoms with Crippen molar-refractivity contribution < 1.29 is 9.47 Å². The molecule has 0 bridgehead atoms. The number of rotatable bonds is 12. The van der Waals surface area contributed by atoms with Crippen LogP contribution in [-0.2, 0) is 15.9 Å². The zero-order valence-corrected chi connectivity index (χ0v) is 17.7. The standard InChI is InChI=1S/C21H31N7O2/c1-24-21(26-12-7-13-30-15-14-29-2)25-11-6-10-19-18(16-22)20(23)28(27-19)17-8-4-3-5-9-17/h3-5,8-9H,6-7,10-15,23H2,1-2H3,(H2,24,25,26). The Hall–Kier alpha value is -3.09. The van der Waals surface area contributed by atoms with E-state index in [0.717, 1.165) is 31.0 Å². The number of nitrogens with two attached hydrogens (primary N) is 1. The first kappa shape index (κ1) is 23.2. The van der Waals surface area contributed by atoms with Gasteiger partial charge < -0.3 is 25.8 Å². The van der Waals surface area contributed by atoms with Crippen LogP contribution in [0.25, 0.3) is 5.69 Å². The van der Waals surface area contributed by atoms with E-state index in [4.69, 9.17) is 15.2 Å². The number of hydrogen-bond acceptors (Lipinski definition) is 6. The van der Waals surface area contributed by atoms with Gasteiger partial charge in [0.1, 0.15) is 17.5 Å². The lowest BCUT2D eigenvalue weighted by Crippen LogP contribution is -2.38. The minimum absolute atomic E-state index is 0.372. The van der Waals surface area contributed by atoms with E-state index in [1.54, 1.807) is 18.8 Å². The molecule has 0 spiro atoms. The quantitative estimate of drug-likeness (QED) is 0.274. The molecule has 0 radical (unpaired) electrons. The molecule has 9 nitrogen and oxygen atoms in total. The summed E-state index contributed by atoms with van der Waals surface area (Å²) in [7, 11) is 3.39. The molecule has 1 aromatic heterocycles. The molecule has 0 unspecified atom stereocenters. The zero-order chi connectivity index (χ0) is 21.6. The minimum Gasteiger partial charge on any atom is -0.382 e. The summed E-state index contributed by atoms with van der Waals surface area (Å²) in [5.41, 5.74) is 8.13. The van der Waals surface area contributed by atoms with Gasteiger partial charge in [-0.1, -0.05) is 18.2 Å². The predicted octanol–water partition coefficient (Wildman–Crippen LogP) is 1.48. The molecule has 0 saturated heterocycles. The van der Waals surface area contributed by atoms with Crippen LogP contribution in [-0.4, -0.2) is 62.8 Å². The normalized spacial score (nSPS) is 11.3. The number of aliphatic imine (C=N–C) groups is 1. The fourth-order valence-corrected chi connectivity index (χ4v) is 2.85. The molecule has 1 aromatic carbocycles. The monoisotopic (exact) mass is 413 g/mol. The molecule has 0 aliphatic carbocycles. The molecule has 0 amide bonds. The zero-order valence-electron chi connectivity index (χ0n) is 17.7. The number of nitrogens with zero attached hydrogens (tertiary/aromatic N) is 4. The number of aryl methyl sites for hydroxylation is 1. The highest BCUT2D eigenvalue weighted by Crippen LogP contribution is 2.21. The van der Waals surface area contributed by atoms with Crippen LogP contribution < -0.4 is 16.4 Å². The first-order chi connectivity index (χ1) is 14.7. The average molecular weight is 414 g/mol. The molecule has 0 fully saturated rings. The molecule has 2 rings (SSSR count). The number of nitrogen functional groups attached to an aromatic ring is 1. The van der Waals surface area contributed by atoms with Crippen LogP contribution in [0.2, 0.25) is 0 Å². The van der Waals surface area contributed by atoms with Crippen molar-refractivity contribution in [1.82, 2.24) is 20.4 Å². The Labute approximate surface area is 177 Å². The van der Waals surface area contributed by atoms with Gasteiger partial charge in [0, 0.05) is 33.9 Å². The van der Waals surface area contributed by atoms with Crippen molar-refractivity contribution in [3.8, 4) is 11.8 Å². The lowest BCUT2D eigenvalue weighted by Gasteiger charge is -2.11. The largest absolute Gasteiger partial charge is 0.382 e. The Bertz CT molecular complexity index is 828. The molecule has 4 N–H and O–H groups in total. The minimum atomic E-state index is 0.372. The van der Waals surface area contributed by atoms with Crippen molar-refractivity contribution in [2.75, 3.05) is 52.8 Å². The number of nitrogens with one attached hydrogen (secondary N) is 2. The van der Waals surface area contributed by atoms with E-state index in [0.29, 0.717) is 49.9 Å². The molecule has 0 saturated carbocycles. The maximum absolute atomic E-state index is 9.49. The molecule has 1 heterocycles. The number of benzene rings is 1. The maximum atomic E-state index is 9.49. The van der Waals surface area contributed by atoms with E-state index in [-0.39, 0.29) is 0 Å². The van der Waals surface area contributed by atoms with Gasteiger partial charge in [0.05, 0.1) is 24.6 Å². The second-order valence-electron chi connectivity index (χ2n) is 6.55. The number of anilines is 1. The molecule has 9 heteroatoms. The molecular formula is C21H31N7O2. The molecule has 0 atom stereocenters. The van der Waals surface area contributed by atoms with Gasteiger partial charge >= 0.3 is 0 Å². The molecule has 0 aliphatic heterocycles. The Kier molecular flexibility index (Phi) is 10.2. The van der Waals surface area contributed by atoms with E-state index < -0.39 is 0 Å². The summed E-state index contributed by atoms with van der Waals surface area (Å²) in [5, 5.41) is 20.6. The molecule has 2 aromatic rings. The maximum Gasteiger partial charge on any atom is 0.190 e. The predicted molar refractivity (Wildman–Crippen MR) is 118 cm³/mol. The van der Waals surface area contributed by atoms with Crippen molar-refractivity contribution in [3.63, 3.8) is 0 Å². The summed E-state index contributed by atoms with van der Waals surface area (Å²) in [6.07, 6.45) is 2.32. The van der Waals surface area contributed by atoms with Crippen LogP contribution in [0.3, 0.4) is 0 Å². The Balaban J connectivity index is 1.76. The van der Waals surface area contributed by atoms with Crippen molar-refractivity contribution in [3.05, 3.63) is 41.6 Å². The third-order valence-corrected chi connectivity index (χ3v) is 4.40. The second-order valence-corrected chi connectivity index (χ2v) is 6.55. The van der Waals surface area contributed by atoms with Gasteiger partial charge in [-0.3, -0.25) is 4.99 Å². The fourth-order valence-electron chi connectivity index (χ4n) is 2.85. The first-order valence-corrected chi connectivity index (χ1v) is 10.0. The number of nitriles is 1. The fraction of sp³-hybridized carbons (Fsp3) is 0.476. The molecule has 162 valence electrons. The van der Waals surface area contributed by atoms with Crippen LogP contribution in [0, 0.1) is 11.3 Å². The molecule has 0 aliphatic rings. The summed E-state index contributed by atoms with van der Waals surface area (Å²) in [6.45, 7) is 3.37. The highest BCUT2D eigenvalue weighted by atomic mass is 16.5. The van der Waals surface area contributed by atoms with E-state index in [1.807, 2.05) is 30.3 Å². The number of hydrogen-bond donors (Lipinski definition) is 3. The summed E-state index contributed by atoms with van der Waals surface area (Å²) < 4.78 is 12.0. The van der Waals surface area contributed by atoms with Gasteiger partial charge in [0.25, 0.3) is 0 Å². The van der Waals surface area contributed by atoms with Gasteiger partial charge in [-0.15, -0.1) is 0 Å². The number of para-hydroxylation sites is 1. The molecular weight excluding hydrogens is 382 g/mol. The van der Waals surface area contributed by atoms with E-state index in [1.165, 1.54) is 0 Å². The highest BCUT2D eigenvalue weighted by Gasteiger charge is 2.16. The summed E-state index contributed by atoms with van der Waals surface area (Å²) in [4.78, 5) is 4.21. The van der Waals surface area contributed by atoms with E-state index in [2.05, 4.69) is 26.8 Å². The summed E-state index contributed by atoms with van der Waals surface area (Å²) >= 11 is 0. The average Bonchev–Trinajstić information content (AvgIpc) is 3.10. The van der Waals surface area contributed by atoms with E-state index >= 15 is 0 Å². The van der Waals surface area contributed by atoms with Crippen molar-refractivity contribution in [1.29, 1.82) is 5.26 Å². The summed E-state index contributed by atoms with van der Waals surface area (Å²) in [6, 6.07) is 11.8. The Morgan fingerprint density at radius 2 is 1.90 bits per heavy atom. The van der Waals surface area contributed by atoms with Gasteiger partial charge in [-0.25, -0.2) is 4.68 Å². The van der Waals surface area contributed by atoms with Crippen LogP contribution in [0.1, 0.15) is 24.1 Å². The van der Waals surface area contributed by atoms with Gasteiger partial charge in [0.2, 0.25) is 0 Å². The highest BCUT2D eigenvalue weighted by molar-refractivity contribution is 5.79. The number of guanidine groups is 1. The Morgan fingerprint density at radius 1 is 1.17 bits per heavy atom. The topological polar surface area (TPSA) is 123 Å². The lowest BCUT2D eigenvalue weighted by atomic mass is 10.1. The SMILES string of the molecule is CN=C(NCCCOCCOC)NCCCc1nn(-c2ccccc2)c(N)c1C#N. The van der Waals surface area contributed by atoms with Crippen LogP contribution in [0.5, 0.6) is 0 Å². The van der Waals surface area contributed by atoms with Gasteiger partial charge in [-0.05, 0) is 31.4 Å².